The van der Waals surface area contributed by atoms with Crippen molar-refractivity contribution < 1.29 is 13.9 Å². The first-order valence-corrected chi connectivity index (χ1v) is 7.49. The molecule has 1 N–H and O–H groups in total. The molecule has 3 rings (SSSR count). The summed E-state index contributed by atoms with van der Waals surface area (Å²) in [6.07, 6.45) is 0. The number of amides is 1. The average Bonchev–Trinajstić information content (AvgIpc) is 2.57. The van der Waals surface area contributed by atoms with Crippen molar-refractivity contribution in [1.29, 1.82) is 0 Å². The van der Waals surface area contributed by atoms with Crippen LogP contribution >= 0.6 is 0 Å². The number of fused-ring (bicyclic) bond motifs is 1. The average molecular weight is 323 g/mol. The second-order valence-corrected chi connectivity index (χ2v) is 5.57. The van der Waals surface area contributed by atoms with Gasteiger partial charge in [0.25, 0.3) is 5.91 Å². The van der Waals surface area contributed by atoms with E-state index in [0.29, 0.717) is 16.5 Å². The number of ether oxygens (including phenoxy) is 1. The first-order valence-electron chi connectivity index (χ1n) is 7.49. The molecular weight excluding hydrogens is 306 g/mol. The quantitative estimate of drug-likeness (QED) is 0.798. The molecule has 0 fully saturated rings. The van der Waals surface area contributed by atoms with Gasteiger partial charge in [-0.1, -0.05) is 18.2 Å². The van der Waals surface area contributed by atoms with Crippen LogP contribution in [0.25, 0.3) is 10.8 Å². The second-order valence-electron chi connectivity index (χ2n) is 5.57. The number of benzene rings is 2. The number of para-hydroxylation sites is 1. The molecule has 1 amide bonds. The lowest BCUT2D eigenvalue weighted by Gasteiger charge is -2.11. The molecule has 0 radical (unpaired) electrons. The van der Waals surface area contributed by atoms with E-state index in [0.717, 1.165) is 16.8 Å². The summed E-state index contributed by atoms with van der Waals surface area (Å²) in [5, 5.41) is 3.81. The van der Waals surface area contributed by atoms with Gasteiger partial charge in [0.05, 0.1) is 12.5 Å². The minimum atomic E-state index is -0.554. The SMILES string of the molecule is COc1ccc2c(=O)oc(C(=O)Nc3c(C)cccc3C)cc2c1. The van der Waals surface area contributed by atoms with Crippen LogP contribution in [-0.4, -0.2) is 13.0 Å². The Morgan fingerprint density at radius 3 is 2.46 bits per heavy atom. The van der Waals surface area contributed by atoms with Crippen LogP contribution in [0, 0.1) is 13.8 Å². The first kappa shape index (κ1) is 15.8. The lowest BCUT2D eigenvalue weighted by molar-refractivity contribution is 0.0993. The highest BCUT2D eigenvalue weighted by Gasteiger charge is 2.15. The molecule has 2 aromatic carbocycles. The molecule has 0 saturated heterocycles. The van der Waals surface area contributed by atoms with Gasteiger partial charge in [-0.2, -0.15) is 0 Å². The number of hydrogen-bond acceptors (Lipinski definition) is 4. The lowest BCUT2D eigenvalue weighted by Crippen LogP contribution is -2.16. The van der Waals surface area contributed by atoms with Gasteiger partial charge in [0.15, 0.2) is 5.76 Å². The van der Waals surface area contributed by atoms with Crippen LogP contribution in [0.4, 0.5) is 5.69 Å². The van der Waals surface area contributed by atoms with Crippen molar-refractivity contribution in [3.05, 3.63) is 69.8 Å². The fourth-order valence-electron chi connectivity index (χ4n) is 2.60. The monoisotopic (exact) mass is 323 g/mol. The number of aryl methyl sites for hydroxylation is 2. The maximum atomic E-state index is 12.5. The summed E-state index contributed by atoms with van der Waals surface area (Å²) in [4.78, 5) is 24.6. The van der Waals surface area contributed by atoms with Crippen molar-refractivity contribution in [1.82, 2.24) is 0 Å². The number of anilines is 1. The zero-order valence-electron chi connectivity index (χ0n) is 13.7. The fourth-order valence-corrected chi connectivity index (χ4v) is 2.60. The van der Waals surface area contributed by atoms with Crippen molar-refractivity contribution in [2.45, 2.75) is 13.8 Å². The van der Waals surface area contributed by atoms with E-state index >= 15 is 0 Å². The molecular formula is C19H17NO4. The summed E-state index contributed by atoms with van der Waals surface area (Å²) in [5.41, 5.74) is 2.04. The number of nitrogens with one attached hydrogen (secondary N) is 1. The van der Waals surface area contributed by atoms with Gasteiger partial charge in [-0.05, 0) is 54.6 Å². The number of rotatable bonds is 3. The van der Waals surface area contributed by atoms with Crippen molar-refractivity contribution >= 4 is 22.4 Å². The summed E-state index contributed by atoms with van der Waals surface area (Å²) in [5.74, 6) is 0.104. The van der Waals surface area contributed by atoms with Gasteiger partial charge < -0.3 is 14.5 Å². The third-order valence-corrected chi connectivity index (χ3v) is 3.91. The standard InChI is InChI=1S/C19H17NO4/c1-11-5-4-6-12(2)17(11)20-18(21)16-10-13-9-14(23-3)7-8-15(13)19(22)24-16/h4-10H,1-3H3,(H,20,21). The topological polar surface area (TPSA) is 68.5 Å². The van der Waals surface area contributed by atoms with Crippen molar-refractivity contribution in [3.8, 4) is 5.75 Å². The Hall–Kier alpha value is -3.08. The smallest absolute Gasteiger partial charge is 0.344 e. The first-order chi connectivity index (χ1) is 11.5. The molecule has 0 saturated carbocycles. The Labute approximate surface area is 138 Å². The Morgan fingerprint density at radius 1 is 1.08 bits per heavy atom. The molecule has 1 heterocycles. The molecule has 122 valence electrons. The van der Waals surface area contributed by atoms with Crippen LogP contribution in [0.3, 0.4) is 0 Å². The molecule has 5 nitrogen and oxygen atoms in total. The van der Waals surface area contributed by atoms with Crippen LogP contribution in [0.5, 0.6) is 5.75 Å². The molecule has 0 aliphatic heterocycles. The largest absolute Gasteiger partial charge is 0.497 e. The second kappa shape index (κ2) is 6.20. The zero-order valence-corrected chi connectivity index (χ0v) is 13.7. The van der Waals surface area contributed by atoms with Gasteiger partial charge in [-0.25, -0.2) is 4.79 Å². The lowest BCUT2D eigenvalue weighted by atomic mass is 10.1. The maximum Gasteiger partial charge on any atom is 0.344 e. The number of methoxy groups -OCH3 is 1. The van der Waals surface area contributed by atoms with E-state index in [-0.39, 0.29) is 5.76 Å². The van der Waals surface area contributed by atoms with Crippen LogP contribution in [0.1, 0.15) is 21.7 Å². The molecule has 0 bridgehead atoms. The van der Waals surface area contributed by atoms with E-state index in [1.165, 1.54) is 0 Å². The minimum Gasteiger partial charge on any atom is -0.497 e. The predicted octanol–water partition coefficient (Wildman–Crippen LogP) is 3.67. The number of carbonyl (C=O) groups excluding carboxylic acids is 1. The highest BCUT2D eigenvalue weighted by Crippen LogP contribution is 2.22. The molecule has 24 heavy (non-hydrogen) atoms. The van der Waals surface area contributed by atoms with Gasteiger partial charge >= 0.3 is 5.63 Å². The summed E-state index contributed by atoms with van der Waals surface area (Å²) >= 11 is 0. The van der Waals surface area contributed by atoms with E-state index in [1.807, 2.05) is 32.0 Å². The van der Waals surface area contributed by atoms with Gasteiger partial charge in [-0.3, -0.25) is 4.79 Å². The Morgan fingerprint density at radius 2 is 1.79 bits per heavy atom. The van der Waals surface area contributed by atoms with E-state index in [4.69, 9.17) is 9.15 Å². The van der Waals surface area contributed by atoms with Gasteiger partial charge in [-0.15, -0.1) is 0 Å². The highest BCUT2D eigenvalue weighted by molar-refractivity contribution is 6.04. The minimum absolute atomic E-state index is 0.0385. The van der Waals surface area contributed by atoms with E-state index < -0.39 is 11.5 Å². The molecule has 0 unspecified atom stereocenters. The summed E-state index contributed by atoms with van der Waals surface area (Å²) < 4.78 is 10.3. The number of hydrogen-bond donors (Lipinski definition) is 1. The fraction of sp³-hybridized carbons (Fsp3) is 0.158. The molecule has 5 heteroatoms. The van der Waals surface area contributed by atoms with E-state index in [1.54, 1.807) is 31.4 Å². The van der Waals surface area contributed by atoms with E-state index in [9.17, 15) is 9.59 Å². The molecule has 1 aromatic heterocycles. The molecule has 0 aliphatic carbocycles. The predicted molar refractivity (Wildman–Crippen MR) is 92.9 cm³/mol. The third-order valence-electron chi connectivity index (χ3n) is 3.91. The summed E-state index contributed by atoms with van der Waals surface area (Å²) in [7, 11) is 1.54. The summed E-state index contributed by atoms with van der Waals surface area (Å²) in [6.45, 7) is 3.81. The molecule has 3 aromatic rings. The van der Waals surface area contributed by atoms with Crippen LogP contribution < -0.4 is 15.7 Å². The van der Waals surface area contributed by atoms with Crippen LogP contribution in [-0.2, 0) is 0 Å². The molecule has 0 aliphatic rings. The van der Waals surface area contributed by atoms with Gasteiger partial charge in [0.2, 0.25) is 0 Å². The number of carbonyl (C=O) groups is 1. The van der Waals surface area contributed by atoms with E-state index in [2.05, 4.69) is 5.32 Å². The molecule has 0 spiro atoms. The normalized spacial score (nSPS) is 10.6. The van der Waals surface area contributed by atoms with Gasteiger partial charge in [0.1, 0.15) is 5.75 Å². The third kappa shape index (κ3) is 2.88. The Bertz CT molecular complexity index is 968. The van der Waals surface area contributed by atoms with Crippen LogP contribution in [0.15, 0.2) is 51.7 Å². The Kier molecular flexibility index (Phi) is 4.08. The maximum absolute atomic E-state index is 12.5. The van der Waals surface area contributed by atoms with Crippen LogP contribution in [0.2, 0.25) is 0 Å². The Balaban J connectivity index is 2.02. The highest BCUT2D eigenvalue weighted by atomic mass is 16.5. The van der Waals surface area contributed by atoms with Crippen molar-refractivity contribution in [3.63, 3.8) is 0 Å². The van der Waals surface area contributed by atoms with Crippen molar-refractivity contribution in [2.75, 3.05) is 12.4 Å². The van der Waals surface area contributed by atoms with Crippen molar-refractivity contribution in [2.24, 2.45) is 0 Å². The molecule has 0 atom stereocenters. The van der Waals surface area contributed by atoms with Gasteiger partial charge in [0, 0.05) is 5.69 Å². The summed E-state index contributed by atoms with van der Waals surface area (Å²) in [6, 6.07) is 12.3. The zero-order chi connectivity index (χ0) is 17.3.